The second kappa shape index (κ2) is 5.45. The highest BCUT2D eigenvalue weighted by Gasteiger charge is 2.15. The Bertz CT molecular complexity index is 694. The van der Waals surface area contributed by atoms with Crippen LogP contribution in [0.15, 0.2) is 23.0 Å². The van der Waals surface area contributed by atoms with Gasteiger partial charge in [-0.15, -0.1) is 0 Å². The molecule has 0 spiro atoms. The second-order valence-electron chi connectivity index (χ2n) is 4.98. The predicted octanol–water partition coefficient (Wildman–Crippen LogP) is 3.01. The molecule has 0 saturated heterocycles. The first kappa shape index (κ1) is 14.2. The van der Waals surface area contributed by atoms with Gasteiger partial charge in [-0.1, -0.05) is 0 Å². The standard InChI is InChI=1S/C15H18FN3O/c1-8-7-12(16)5-6-13(8)18-10(3)14-9(2)17-11(4)19-15(14)20/h5-7,10,18H,1-4H3,(H,17,19,20). The van der Waals surface area contributed by atoms with E-state index in [2.05, 4.69) is 15.3 Å². The Balaban J connectivity index is 2.33. The Morgan fingerprint density at radius 1 is 1.30 bits per heavy atom. The zero-order valence-corrected chi connectivity index (χ0v) is 12.0. The van der Waals surface area contributed by atoms with Gasteiger partial charge in [-0.3, -0.25) is 4.79 Å². The second-order valence-corrected chi connectivity index (χ2v) is 4.98. The predicted molar refractivity (Wildman–Crippen MR) is 77.5 cm³/mol. The van der Waals surface area contributed by atoms with Crippen LogP contribution >= 0.6 is 0 Å². The van der Waals surface area contributed by atoms with Crippen molar-refractivity contribution in [3.63, 3.8) is 0 Å². The summed E-state index contributed by atoms with van der Waals surface area (Å²) in [5.74, 6) is 0.327. The van der Waals surface area contributed by atoms with E-state index in [9.17, 15) is 9.18 Å². The lowest BCUT2D eigenvalue weighted by Crippen LogP contribution is -2.23. The lowest BCUT2D eigenvalue weighted by molar-refractivity contribution is 0.626. The van der Waals surface area contributed by atoms with Gasteiger partial charge in [-0.2, -0.15) is 0 Å². The van der Waals surface area contributed by atoms with Crippen LogP contribution in [0, 0.1) is 26.6 Å². The lowest BCUT2D eigenvalue weighted by Gasteiger charge is -2.18. The van der Waals surface area contributed by atoms with Crippen molar-refractivity contribution in [3.8, 4) is 0 Å². The lowest BCUT2D eigenvalue weighted by atomic mass is 10.1. The van der Waals surface area contributed by atoms with E-state index in [-0.39, 0.29) is 17.4 Å². The summed E-state index contributed by atoms with van der Waals surface area (Å²) in [5.41, 5.74) is 2.75. The van der Waals surface area contributed by atoms with Gasteiger partial charge in [0, 0.05) is 5.69 Å². The van der Waals surface area contributed by atoms with E-state index in [1.165, 1.54) is 12.1 Å². The van der Waals surface area contributed by atoms with Crippen LogP contribution in [0.2, 0.25) is 0 Å². The van der Waals surface area contributed by atoms with Crippen molar-refractivity contribution in [2.75, 3.05) is 5.32 Å². The van der Waals surface area contributed by atoms with Crippen LogP contribution in [0.3, 0.4) is 0 Å². The summed E-state index contributed by atoms with van der Waals surface area (Å²) in [7, 11) is 0. The Morgan fingerprint density at radius 2 is 2.00 bits per heavy atom. The number of nitrogens with zero attached hydrogens (tertiary/aromatic N) is 1. The normalized spacial score (nSPS) is 12.2. The van der Waals surface area contributed by atoms with Crippen LogP contribution in [-0.2, 0) is 0 Å². The number of aryl methyl sites for hydroxylation is 3. The van der Waals surface area contributed by atoms with Crippen molar-refractivity contribution in [1.29, 1.82) is 0 Å². The topological polar surface area (TPSA) is 57.8 Å². The van der Waals surface area contributed by atoms with Crippen LogP contribution in [0.5, 0.6) is 0 Å². The molecule has 0 aliphatic rings. The van der Waals surface area contributed by atoms with Crippen molar-refractivity contribution < 1.29 is 4.39 Å². The molecule has 4 nitrogen and oxygen atoms in total. The molecule has 2 aromatic rings. The van der Waals surface area contributed by atoms with Gasteiger partial charge in [0.2, 0.25) is 0 Å². The van der Waals surface area contributed by atoms with Gasteiger partial charge in [0.25, 0.3) is 5.56 Å². The molecule has 2 rings (SSSR count). The molecule has 1 aromatic heterocycles. The van der Waals surface area contributed by atoms with Crippen molar-refractivity contribution in [2.45, 2.75) is 33.7 Å². The minimum atomic E-state index is -0.272. The number of H-pyrrole nitrogens is 1. The van der Waals surface area contributed by atoms with Crippen molar-refractivity contribution in [3.05, 3.63) is 57.0 Å². The fraction of sp³-hybridized carbons (Fsp3) is 0.333. The first-order chi connectivity index (χ1) is 9.38. The minimum Gasteiger partial charge on any atom is -0.378 e. The highest BCUT2D eigenvalue weighted by Crippen LogP contribution is 2.22. The Labute approximate surface area is 117 Å². The molecule has 1 unspecified atom stereocenters. The van der Waals surface area contributed by atoms with E-state index in [4.69, 9.17) is 0 Å². The summed E-state index contributed by atoms with van der Waals surface area (Å²) in [4.78, 5) is 19.0. The third-order valence-corrected chi connectivity index (χ3v) is 3.26. The average Bonchev–Trinajstić information content (AvgIpc) is 2.31. The van der Waals surface area contributed by atoms with Crippen molar-refractivity contribution >= 4 is 5.69 Å². The quantitative estimate of drug-likeness (QED) is 0.905. The number of halogens is 1. The Kier molecular flexibility index (Phi) is 3.88. The zero-order chi connectivity index (χ0) is 14.9. The number of nitrogens with one attached hydrogen (secondary N) is 2. The SMILES string of the molecule is Cc1nc(C)c(C(C)Nc2ccc(F)cc2C)c(=O)[nH]1. The fourth-order valence-corrected chi connectivity index (χ4v) is 2.34. The maximum atomic E-state index is 13.1. The maximum absolute atomic E-state index is 13.1. The molecule has 0 amide bonds. The Hall–Kier alpha value is -2.17. The summed E-state index contributed by atoms with van der Waals surface area (Å²) >= 11 is 0. The molecule has 0 radical (unpaired) electrons. The van der Waals surface area contributed by atoms with E-state index in [1.807, 2.05) is 20.8 Å². The van der Waals surface area contributed by atoms with Crippen LogP contribution < -0.4 is 10.9 Å². The van der Waals surface area contributed by atoms with Crippen LogP contribution in [0.1, 0.15) is 35.6 Å². The molecule has 0 aliphatic carbocycles. The molecule has 0 bridgehead atoms. The zero-order valence-electron chi connectivity index (χ0n) is 12.0. The van der Waals surface area contributed by atoms with Crippen LogP contribution in [-0.4, -0.2) is 9.97 Å². The molecule has 1 atom stereocenters. The molecule has 20 heavy (non-hydrogen) atoms. The van der Waals surface area contributed by atoms with Gasteiger partial charge in [-0.05, 0) is 51.5 Å². The average molecular weight is 275 g/mol. The number of aromatic amines is 1. The van der Waals surface area contributed by atoms with Crippen molar-refractivity contribution in [1.82, 2.24) is 9.97 Å². The molecule has 1 heterocycles. The third-order valence-electron chi connectivity index (χ3n) is 3.26. The minimum absolute atomic E-state index is 0.144. The molecule has 106 valence electrons. The molecular formula is C15H18FN3O. The van der Waals surface area contributed by atoms with Crippen LogP contribution in [0.4, 0.5) is 10.1 Å². The molecule has 0 fully saturated rings. The number of benzene rings is 1. The maximum Gasteiger partial charge on any atom is 0.256 e. The molecular weight excluding hydrogens is 257 g/mol. The summed E-state index contributed by atoms with van der Waals surface area (Å²) in [6.45, 7) is 7.27. The van der Waals surface area contributed by atoms with E-state index in [0.29, 0.717) is 17.1 Å². The fourth-order valence-electron chi connectivity index (χ4n) is 2.34. The number of hydrogen-bond donors (Lipinski definition) is 2. The van der Waals surface area contributed by atoms with Crippen molar-refractivity contribution in [2.24, 2.45) is 0 Å². The van der Waals surface area contributed by atoms with E-state index >= 15 is 0 Å². The van der Waals surface area contributed by atoms with Gasteiger partial charge in [0.1, 0.15) is 11.6 Å². The first-order valence-corrected chi connectivity index (χ1v) is 6.48. The van der Waals surface area contributed by atoms with Gasteiger partial charge in [-0.25, -0.2) is 9.37 Å². The first-order valence-electron chi connectivity index (χ1n) is 6.48. The molecule has 5 heteroatoms. The highest BCUT2D eigenvalue weighted by molar-refractivity contribution is 5.52. The largest absolute Gasteiger partial charge is 0.378 e. The monoisotopic (exact) mass is 275 g/mol. The summed E-state index contributed by atoms with van der Waals surface area (Å²) < 4.78 is 13.1. The van der Waals surface area contributed by atoms with Gasteiger partial charge in [0.15, 0.2) is 0 Å². The molecule has 0 aliphatic heterocycles. The number of rotatable bonds is 3. The van der Waals surface area contributed by atoms with E-state index in [1.54, 1.807) is 13.0 Å². The third kappa shape index (κ3) is 2.87. The van der Waals surface area contributed by atoms with Gasteiger partial charge in [0.05, 0.1) is 17.3 Å². The molecule has 0 saturated carbocycles. The highest BCUT2D eigenvalue weighted by atomic mass is 19.1. The summed E-state index contributed by atoms with van der Waals surface area (Å²) in [6.07, 6.45) is 0. The molecule has 1 aromatic carbocycles. The Morgan fingerprint density at radius 3 is 2.60 bits per heavy atom. The van der Waals surface area contributed by atoms with E-state index in [0.717, 1.165) is 11.3 Å². The summed E-state index contributed by atoms with van der Waals surface area (Å²) in [6, 6.07) is 4.31. The number of hydrogen-bond acceptors (Lipinski definition) is 3. The van der Waals surface area contributed by atoms with Gasteiger partial charge < -0.3 is 10.3 Å². The van der Waals surface area contributed by atoms with Crippen LogP contribution in [0.25, 0.3) is 0 Å². The molecule has 2 N–H and O–H groups in total. The van der Waals surface area contributed by atoms with E-state index < -0.39 is 0 Å². The van der Waals surface area contributed by atoms with Gasteiger partial charge >= 0.3 is 0 Å². The number of anilines is 1. The number of aromatic nitrogens is 2. The summed E-state index contributed by atoms with van der Waals surface area (Å²) in [5, 5.41) is 3.23. The smallest absolute Gasteiger partial charge is 0.256 e.